The number of carboxylic acid groups (broad SMARTS) is 1. The number of amides is 1. The normalized spacial score (nSPS) is 17.4. The van der Waals surface area contributed by atoms with Gasteiger partial charge in [0.05, 0.1) is 5.69 Å². The summed E-state index contributed by atoms with van der Waals surface area (Å²) in [6.07, 6.45) is 2.58. The number of nitrogens with zero attached hydrogens (tertiary/aromatic N) is 2. The lowest BCUT2D eigenvalue weighted by molar-refractivity contribution is -0.124. The molecule has 0 aromatic carbocycles. The molecule has 0 radical (unpaired) electrons. The third kappa shape index (κ3) is 2.97. The zero-order chi connectivity index (χ0) is 15.5. The number of hydrogen-bond acceptors (Lipinski definition) is 6. The van der Waals surface area contributed by atoms with E-state index in [1.807, 2.05) is 0 Å². The number of carbonyl (C=O) groups excluding carboxylic acids is 1. The summed E-state index contributed by atoms with van der Waals surface area (Å²) >= 11 is 0.911. The van der Waals surface area contributed by atoms with Gasteiger partial charge in [0.25, 0.3) is 5.91 Å². The molecule has 2 aromatic heterocycles. The predicted molar refractivity (Wildman–Crippen MR) is 79.9 cm³/mol. The van der Waals surface area contributed by atoms with Gasteiger partial charge in [-0.25, -0.2) is 9.78 Å². The van der Waals surface area contributed by atoms with E-state index in [0.29, 0.717) is 18.7 Å². The maximum Gasteiger partial charge on any atom is 0.348 e. The van der Waals surface area contributed by atoms with Crippen molar-refractivity contribution in [2.75, 3.05) is 11.9 Å². The van der Waals surface area contributed by atoms with Crippen LogP contribution in [0.5, 0.6) is 0 Å². The second-order valence-electron chi connectivity index (χ2n) is 4.71. The SMILES string of the molecule is O=C(O)c1sc(NC(=O)C2CCCO2)nc1-c1ccccn1. The first-order chi connectivity index (χ1) is 10.6. The Kier molecular flexibility index (Phi) is 4.12. The van der Waals surface area contributed by atoms with Gasteiger partial charge in [-0.15, -0.1) is 0 Å². The quantitative estimate of drug-likeness (QED) is 0.894. The van der Waals surface area contributed by atoms with Gasteiger partial charge >= 0.3 is 5.97 Å². The maximum absolute atomic E-state index is 12.0. The minimum Gasteiger partial charge on any atom is -0.477 e. The highest BCUT2D eigenvalue weighted by Crippen LogP contribution is 2.30. The van der Waals surface area contributed by atoms with E-state index in [2.05, 4.69) is 15.3 Å². The average molecular weight is 319 g/mol. The van der Waals surface area contributed by atoms with Crippen molar-refractivity contribution in [1.29, 1.82) is 0 Å². The first kappa shape index (κ1) is 14.6. The monoisotopic (exact) mass is 319 g/mol. The molecule has 114 valence electrons. The molecule has 8 heteroatoms. The highest BCUT2D eigenvalue weighted by molar-refractivity contribution is 7.18. The summed E-state index contributed by atoms with van der Waals surface area (Å²) in [5, 5.41) is 12.1. The number of carbonyl (C=O) groups is 2. The number of aromatic nitrogens is 2. The Morgan fingerprint density at radius 3 is 2.91 bits per heavy atom. The van der Waals surface area contributed by atoms with E-state index in [4.69, 9.17) is 4.74 Å². The van der Waals surface area contributed by atoms with Crippen LogP contribution in [0.25, 0.3) is 11.4 Å². The van der Waals surface area contributed by atoms with Crippen LogP contribution in [0.3, 0.4) is 0 Å². The Morgan fingerprint density at radius 1 is 1.41 bits per heavy atom. The molecule has 22 heavy (non-hydrogen) atoms. The summed E-state index contributed by atoms with van der Waals surface area (Å²) in [6.45, 7) is 0.565. The second-order valence-corrected chi connectivity index (χ2v) is 5.71. The number of rotatable bonds is 4. The smallest absolute Gasteiger partial charge is 0.348 e. The molecule has 1 aliphatic heterocycles. The molecule has 1 unspecified atom stereocenters. The van der Waals surface area contributed by atoms with Crippen molar-refractivity contribution < 1.29 is 19.4 Å². The Labute approximate surface area is 130 Å². The van der Waals surface area contributed by atoms with Crippen molar-refractivity contribution in [2.24, 2.45) is 0 Å². The Hall–Kier alpha value is -2.32. The summed E-state index contributed by atoms with van der Waals surface area (Å²) in [4.78, 5) is 31.7. The predicted octanol–water partition coefficient (Wildman–Crippen LogP) is 2.02. The van der Waals surface area contributed by atoms with E-state index < -0.39 is 12.1 Å². The van der Waals surface area contributed by atoms with E-state index in [0.717, 1.165) is 17.8 Å². The van der Waals surface area contributed by atoms with Gasteiger partial charge < -0.3 is 9.84 Å². The zero-order valence-corrected chi connectivity index (χ0v) is 12.3. The lowest BCUT2D eigenvalue weighted by atomic mass is 10.2. The van der Waals surface area contributed by atoms with Gasteiger partial charge in [0.2, 0.25) is 0 Å². The van der Waals surface area contributed by atoms with Crippen LogP contribution in [0.1, 0.15) is 22.5 Å². The standard InChI is InChI=1S/C14H13N3O4S/c18-12(9-5-3-7-21-9)17-14-16-10(11(22-14)13(19)20)8-4-1-2-6-15-8/h1-2,4,6,9H,3,5,7H2,(H,19,20)(H,16,17,18). The van der Waals surface area contributed by atoms with Crippen LogP contribution in [0.15, 0.2) is 24.4 Å². The van der Waals surface area contributed by atoms with Crippen molar-refractivity contribution >= 4 is 28.3 Å². The Balaban J connectivity index is 1.87. The number of anilines is 1. The molecule has 1 saturated heterocycles. The van der Waals surface area contributed by atoms with E-state index >= 15 is 0 Å². The highest BCUT2D eigenvalue weighted by atomic mass is 32.1. The van der Waals surface area contributed by atoms with Gasteiger partial charge in [-0.05, 0) is 25.0 Å². The summed E-state index contributed by atoms with van der Waals surface area (Å²) in [5.74, 6) is -1.40. The summed E-state index contributed by atoms with van der Waals surface area (Å²) in [5.41, 5.74) is 0.703. The molecule has 1 fully saturated rings. The number of thiazole rings is 1. The van der Waals surface area contributed by atoms with Gasteiger partial charge in [-0.1, -0.05) is 17.4 Å². The molecule has 1 amide bonds. The van der Waals surface area contributed by atoms with Crippen molar-refractivity contribution in [3.63, 3.8) is 0 Å². The van der Waals surface area contributed by atoms with Gasteiger partial charge in [-0.3, -0.25) is 15.1 Å². The number of ether oxygens (including phenoxy) is 1. The fraction of sp³-hybridized carbons (Fsp3) is 0.286. The lowest BCUT2D eigenvalue weighted by Crippen LogP contribution is -2.26. The molecular weight excluding hydrogens is 306 g/mol. The molecule has 0 saturated carbocycles. The summed E-state index contributed by atoms with van der Waals surface area (Å²) < 4.78 is 5.29. The van der Waals surface area contributed by atoms with Crippen molar-refractivity contribution in [2.45, 2.75) is 18.9 Å². The van der Waals surface area contributed by atoms with Crippen molar-refractivity contribution in [3.8, 4) is 11.4 Å². The molecule has 7 nitrogen and oxygen atoms in total. The zero-order valence-electron chi connectivity index (χ0n) is 11.5. The van der Waals surface area contributed by atoms with E-state index in [1.54, 1.807) is 24.4 Å². The minimum atomic E-state index is -1.10. The average Bonchev–Trinajstić information content (AvgIpc) is 3.17. The molecule has 2 N–H and O–H groups in total. The third-order valence-corrected chi connectivity index (χ3v) is 4.14. The van der Waals surface area contributed by atoms with Gasteiger partial charge in [-0.2, -0.15) is 0 Å². The highest BCUT2D eigenvalue weighted by Gasteiger charge is 2.26. The molecular formula is C14H13N3O4S. The van der Waals surface area contributed by atoms with Crippen LogP contribution in [-0.4, -0.2) is 39.7 Å². The topological polar surface area (TPSA) is 101 Å². The number of aromatic carboxylic acids is 1. The number of nitrogens with one attached hydrogen (secondary N) is 1. The van der Waals surface area contributed by atoms with Crippen molar-refractivity contribution in [3.05, 3.63) is 29.3 Å². The van der Waals surface area contributed by atoms with E-state index in [1.165, 1.54) is 0 Å². The number of hydrogen-bond donors (Lipinski definition) is 2. The first-order valence-corrected chi connectivity index (χ1v) is 7.55. The van der Waals surface area contributed by atoms with Crippen LogP contribution in [0, 0.1) is 0 Å². The largest absolute Gasteiger partial charge is 0.477 e. The van der Waals surface area contributed by atoms with Crippen LogP contribution in [0.2, 0.25) is 0 Å². The van der Waals surface area contributed by atoms with Gasteiger partial charge in [0.1, 0.15) is 16.7 Å². The molecule has 0 spiro atoms. The molecule has 3 heterocycles. The molecule has 0 aliphatic carbocycles. The fourth-order valence-corrected chi connectivity index (χ4v) is 2.98. The molecule has 0 bridgehead atoms. The summed E-state index contributed by atoms with van der Waals surface area (Å²) in [7, 11) is 0. The number of pyridine rings is 1. The third-order valence-electron chi connectivity index (χ3n) is 3.18. The minimum absolute atomic E-state index is 0.0429. The molecule has 1 atom stereocenters. The van der Waals surface area contributed by atoms with Crippen LogP contribution >= 0.6 is 11.3 Å². The second kappa shape index (κ2) is 6.20. The van der Waals surface area contributed by atoms with Crippen molar-refractivity contribution in [1.82, 2.24) is 9.97 Å². The molecule has 3 rings (SSSR count). The van der Waals surface area contributed by atoms with Gasteiger partial charge in [0.15, 0.2) is 5.13 Å². The van der Waals surface area contributed by atoms with Crippen LogP contribution < -0.4 is 5.32 Å². The summed E-state index contributed by atoms with van der Waals surface area (Å²) in [6, 6.07) is 5.15. The first-order valence-electron chi connectivity index (χ1n) is 6.73. The number of carboxylic acids is 1. The fourth-order valence-electron chi connectivity index (χ4n) is 2.17. The Bertz CT molecular complexity index is 695. The molecule has 2 aromatic rings. The van der Waals surface area contributed by atoms with E-state index in [9.17, 15) is 14.7 Å². The van der Waals surface area contributed by atoms with Crippen LogP contribution in [-0.2, 0) is 9.53 Å². The molecule has 1 aliphatic rings. The van der Waals surface area contributed by atoms with Gasteiger partial charge in [0, 0.05) is 12.8 Å². The van der Waals surface area contributed by atoms with E-state index in [-0.39, 0.29) is 21.6 Å². The Morgan fingerprint density at radius 2 is 2.27 bits per heavy atom. The van der Waals surface area contributed by atoms with Crippen LogP contribution in [0.4, 0.5) is 5.13 Å². The maximum atomic E-state index is 12.0. The lowest BCUT2D eigenvalue weighted by Gasteiger charge is -2.07.